The summed E-state index contributed by atoms with van der Waals surface area (Å²) in [4.78, 5) is 12.1. The number of amides is 1. The van der Waals surface area contributed by atoms with E-state index in [0.29, 0.717) is 50.6 Å². The first-order valence-electron chi connectivity index (χ1n) is 8.13. The van der Waals surface area contributed by atoms with Crippen molar-refractivity contribution in [3.63, 3.8) is 0 Å². The molecule has 3 rings (SSSR count). The second-order valence-corrected chi connectivity index (χ2v) is 7.84. The highest BCUT2D eigenvalue weighted by molar-refractivity contribution is 7.89. The van der Waals surface area contributed by atoms with Crippen LogP contribution in [-0.4, -0.2) is 51.5 Å². The van der Waals surface area contributed by atoms with Crippen molar-refractivity contribution in [3.05, 3.63) is 18.2 Å². The van der Waals surface area contributed by atoms with Gasteiger partial charge in [0.1, 0.15) is 13.2 Å². The van der Waals surface area contributed by atoms with Gasteiger partial charge in [0.2, 0.25) is 15.9 Å². The van der Waals surface area contributed by atoms with Crippen LogP contribution in [0.3, 0.4) is 0 Å². The average molecular weight is 364 g/mol. The van der Waals surface area contributed by atoms with E-state index in [0.717, 1.165) is 0 Å². The minimum atomic E-state index is -3.63. The number of piperidine rings is 1. The molecule has 0 spiro atoms. The molecule has 0 aromatic heterocycles. The fourth-order valence-corrected chi connectivity index (χ4v) is 4.46. The SMILES string of the molecule is C#CCNC(=O)C1CCN(S(=O)(=O)c2ccc3c(c2)OCCO3)CC1. The van der Waals surface area contributed by atoms with Gasteiger partial charge in [-0.05, 0) is 25.0 Å². The lowest BCUT2D eigenvalue weighted by molar-refractivity contribution is -0.125. The highest BCUT2D eigenvalue weighted by Gasteiger charge is 2.32. The van der Waals surface area contributed by atoms with E-state index >= 15 is 0 Å². The Morgan fingerprint density at radius 2 is 1.92 bits per heavy atom. The van der Waals surface area contributed by atoms with Gasteiger partial charge in [-0.1, -0.05) is 5.92 Å². The molecule has 1 saturated heterocycles. The number of nitrogens with one attached hydrogen (secondary N) is 1. The summed E-state index contributed by atoms with van der Waals surface area (Å²) in [5, 5.41) is 2.65. The Morgan fingerprint density at radius 1 is 1.24 bits per heavy atom. The van der Waals surface area contributed by atoms with Crippen LogP contribution in [-0.2, 0) is 14.8 Å². The van der Waals surface area contributed by atoms with Crippen LogP contribution < -0.4 is 14.8 Å². The summed E-state index contributed by atoms with van der Waals surface area (Å²) in [5.41, 5.74) is 0. The molecule has 0 unspecified atom stereocenters. The van der Waals surface area contributed by atoms with Crippen LogP contribution in [0.25, 0.3) is 0 Å². The molecule has 1 aromatic carbocycles. The van der Waals surface area contributed by atoms with Gasteiger partial charge in [0.05, 0.1) is 11.4 Å². The second kappa shape index (κ2) is 7.33. The maximum atomic E-state index is 12.8. The Hall–Kier alpha value is -2.24. The molecule has 2 aliphatic heterocycles. The molecular formula is C17H20N2O5S. The molecule has 1 aromatic rings. The van der Waals surface area contributed by atoms with Gasteiger partial charge in [-0.25, -0.2) is 8.42 Å². The monoisotopic (exact) mass is 364 g/mol. The lowest BCUT2D eigenvalue weighted by atomic mass is 9.97. The number of sulfonamides is 1. The van der Waals surface area contributed by atoms with Crippen LogP contribution in [0.5, 0.6) is 11.5 Å². The van der Waals surface area contributed by atoms with Crippen LogP contribution in [0.4, 0.5) is 0 Å². The fourth-order valence-electron chi connectivity index (χ4n) is 2.97. The van der Waals surface area contributed by atoms with E-state index in [9.17, 15) is 13.2 Å². The Bertz CT molecular complexity index is 792. The summed E-state index contributed by atoms with van der Waals surface area (Å²) in [6.07, 6.45) is 6.07. The summed E-state index contributed by atoms with van der Waals surface area (Å²) in [5.74, 6) is 3.02. The Labute approximate surface area is 147 Å². The Kier molecular flexibility index (Phi) is 5.16. The van der Waals surface area contributed by atoms with Crippen LogP contribution >= 0.6 is 0 Å². The first-order chi connectivity index (χ1) is 12.0. The van der Waals surface area contributed by atoms with E-state index in [1.165, 1.54) is 16.4 Å². The highest BCUT2D eigenvalue weighted by atomic mass is 32.2. The number of ether oxygens (including phenoxy) is 2. The minimum absolute atomic E-state index is 0.116. The van der Waals surface area contributed by atoms with Gasteiger partial charge in [-0.3, -0.25) is 4.79 Å². The molecule has 2 heterocycles. The predicted molar refractivity (Wildman–Crippen MR) is 90.8 cm³/mol. The zero-order chi connectivity index (χ0) is 17.9. The van der Waals surface area contributed by atoms with Gasteiger partial charge in [0, 0.05) is 25.1 Å². The van der Waals surface area contributed by atoms with E-state index in [4.69, 9.17) is 15.9 Å². The molecule has 8 heteroatoms. The third kappa shape index (κ3) is 3.72. The first-order valence-corrected chi connectivity index (χ1v) is 9.57. The summed E-state index contributed by atoms with van der Waals surface area (Å²) >= 11 is 0. The van der Waals surface area contributed by atoms with Crippen molar-refractivity contribution >= 4 is 15.9 Å². The van der Waals surface area contributed by atoms with Crippen molar-refractivity contribution in [1.82, 2.24) is 9.62 Å². The molecule has 0 bridgehead atoms. The number of hydrogen-bond acceptors (Lipinski definition) is 5. The number of nitrogens with zero attached hydrogens (tertiary/aromatic N) is 1. The lowest BCUT2D eigenvalue weighted by Crippen LogP contribution is -2.43. The lowest BCUT2D eigenvalue weighted by Gasteiger charge is -2.30. The third-order valence-electron chi connectivity index (χ3n) is 4.34. The van der Waals surface area contributed by atoms with Crippen LogP contribution in [0.15, 0.2) is 23.1 Å². The summed E-state index contributed by atoms with van der Waals surface area (Å²) < 4.78 is 37.9. The molecular weight excluding hydrogens is 344 g/mol. The molecule has 0 saturated carbocycles. The number of hydrogen-bond donors (Lipinski definition) is 1. The van der Waals surface area contributed by atoms with Gasteiger partial charge in [-0.15, -0.1) is 6.42 Å². The molecule has 0 atom stereocenters. The molecule has 25 heavy (non-hydrogen) atoms. The van der Waals surface area contributed by atoms with E-state index in [1.54, 1.807) is 6.07 Å². The Balaban J connectivity index is 1.68. The molecule has 0 radical (unpaired) electrons. The fraction of sp³-hybridized carbons (Fsp3) is 0.471. The van der Waals surface area contributed by atoms with Crippen molar-refractivity contribution in [1.29, 1.82) is 0 Å². The van der Waals surface area contributed by atoms with E-state index in [2.05, 4.69) is 11.2 Å². The summed E-state index contributed by atoms with van der Waals surface area (Å²) in [6.45, 7) is 1.63. The Morgan fingerprint density at radius 3 is 2.60 bits per heavy atom. The smallest absolute Gasteiger partial charge is 0.243 e. The summed E-state index contributed by atoms with van der Waals surface area (Å²) in [7, 11) is -3.63. The van der Waals surface area contributed by atoms with Crippen LogP contribution in [0, 0.1) is 18.3 Å². The zero-order valence-electron chi connectivity index (χ0n) is 13.7. The number of fused-ring (bicyclic) bond motifs is 1. The standard InChI is InChI=1S/C17H20N2O5S/c1-2-7-18-17(20)13-5-8-19(9-6-13)25(21,22)14-3-4-15-16(12-14)24-11-10-23-15/h1,3-4,12-13H,5-11H2,(H,18,20). The van der Waals surface area contributed by atoms with Crippen molar-refractivity contribution in [2.45, 2.75) is 17.7 Å². The highest BCUT2D eigenvalue weighted by Crippen LogP contribution is 2.34. The molecule has 1 fully saturated rings. The normalized spacial score (nSPS) is 18.4. The third-order valence-corrected chi connectivity index (χ3v) is 6.24. The number of carbonyl (C=O) groups excluding carboxylic acids is 1. The largest absolute Gasteiger partial charge is 0.486 e. The number of benzene rings is 1. The van der Waals surface area contributed by atoms with E-state index in [1.807, 2.05) is 0 Å². The first kappa shape index (κ1) is 17.6. The van der Waals surface area contributed by atoms with Gasteiger partial charge >= 0.3 is 0 Å². The minimum Gasteiger partial charge on any atom is -0.486 e. The van der Waals surface area contributed by atoms with E-state index in [-0.39, 0.29) is 23.3 Å². The number of terminal acetylenes is 1. The molecule has 0 aliphatic carbocycles. The van der Waals surface area contributed by atoms with Crippen LogP contribution in [0.2, 0.25) is 0 Å². The average Bonchev–Trinajstić information content (AvgIpc) is 2.65. The van der Waals surface area contributed by atoms with Gasteiger partial charge in [-0.2, -0.15) is 4.31 Å². The van der Waals surface area contributed by atoms with Crippen molar-refractivity contribution in [2.75, 3.05) is 32.8 Å². The van der Waals surface area contributed by atoms with E-state index < -0.39 is 10.0 Å². The van der Waals surface area contributed by atoms with Crippen molar-refractivity contribution < 1.29 is 22.7 Å². The topological polar surface area (TPSA) is 84.9 Å². The number of carbonyl (C=O) groups is 1. The summed E-state index contributed by atoms with van der Waals surface area (Å²) in [6, 6.07) is 4.63. The van der Waals surface area contributed by atoms with Gasteiger partial charge in [0.25, 0.3) is 0 Å². The molecule has 134 valence electrons. The number of rotatable bonds is 4. The molecule has 2 aliphatic rings. The van der Waals surface area contributed by atoms with Gasteiger partial charge in [0.15, 0.2) is 11.5 Å². The maximum Gasteiger partial charge on any atom is 0.243 e. The molecule has 1 N–H and O–H groups in total. The van der Waals surface area contributed by atoms with Crippen LogP contribution in [0.1, 0.15) is 12.8 Å². The second-order valence-electron chi connectivity index (χ2n) is 5.91. The van der Waals surface area contributed by atoms with Crippen molar-refractivity contribution in [3.8, 4) is 23.8 Å². The quantitative estimate of drug-likeness (QED) is 0.791. The zero-order valence-corrected chi connectivity index (χ0v) is 14.5. The van der Waals surface area contributed by atoms with Gasteiger partial charge < -0.3 is 14.8 Å². The maximum absolute atomic E-state index is 12.8. The predicted octanol–water partition coefficient (Wildman–Crippen LogP) is 0.608. The van der Waals surface area contributed by atoms with Crippen molar-refractivity contribution in [2.24, 2.45) is 5.92 Å². The molecule has 1 amide bonds. The molecule has 7 nitrogen and oxygen atoms in total.